The molecule has 15 heavy (non-hydrogen) atoms. The van der Waals surface area contributed by atoms with Crippen LogP contribution in [0.5, 0.6) is 0 Å². The van der Waals surface area contributed by atoms with Crippen LogP contribution in [0.2, 0.25) is 0 Å². The molecule has 0 saturated heterocycles. The summed E-state index contributed by atoms with van der Waals surface area (Å²) >= 11 is 0. The Kier molecular flexibility index (Phi) is 10.7. The number of ether oxygens (including phenoxy) is 1. The van der Waals surface area contributed by atoms with Crippen molar-refractivity contribution in [1.82, 2.24) is 0 Å². The normalized spacial score (nSPS) is 10.8. The molecular formula is C13H24O2. The van der Waals surface area contributed by atoms with Gasteiger partial charge >= 0.3 is 5.97 Å². The molecule has 0 atom stereocenters. The van der Waals surface area contributed by atoms with Gasteiger partial charge in [0.15, 0.2) is 0 Å². The first-order valence-corrected chi connectivity index (χ1v) is 6.11. The average molecular weight is 212 g/mol. The fourth-order valence-corrected chi connectivity index (χ4v) is 1.29. The summed E-state index contributed by atoms with van der Waals surface area (Å²) in [5.74, 6) is -0.123. The second kappa shape index (κ2) is 11.3. The van der Waals surface area contributed by atoms with E-state index in [9.17, 15) is 4.79 Å². The molecule has 0 aromatic carbocycles. The Morgan fingerprint density at radius 1 is 1.07 bits per heavy atom. The maximum atomic E-state index is 10.8. The van der Waals surface area contributed by atoms with E-state index in [0.717, 1.165) is 6.42 Å². The molecule has 88 valence electrons. The van der Waals surface area contributed by atoms with Crippen LogP contribution in [-0.4, -0.2) is 12.6 Å². The van der Waals surface area contributed by atoms with Gasteiger partial charge in [-0.1, -0.05) is 51.7 Å². The van der Waals surface area contributed by atoms with Gasteiger partial charge in [0.05, 0.1) is 0 Å². The number of rotatable bonds is 9. The zero-order chi connectivity index (χ0) is 11.4. The van der Waals surface area contributed by atoms with Gasteiger partial charge in [-0.05, 0) is 12.8 Å². The van der Waals surface area contributed by atoms with Crippen LogP contribution in [0.1, 0.15) is 58.8 Å². The molecule has 0 aliphatic carbocycles. The number of allylic oxidation sites excluding steroid dienone is 1. The molecule has 0 fully saturated rings. The molecule has 0 radical (unpaired) electrons. The molecule has 0 unspecified atom stereocenters. The van der Waals surface area contributed by atoms with Gasteiger partial charge in [-0.15, -0.1) is 0 Å². The van der Waals surface area contributed by atoms with Crippen LogP contribution in [0, 0.1) is 0 Å². The summed E-state index contributed by atoms with van der Waals surface area (Å²) < 4.78 is 4.91. The van der Waals surface area contributed by atoms with Crippen molar-refractivity contribution in [3.8, 4) is 0 Å². The summed E-state index contributed by atoms with van der Waals surface area (Å²) in [5, 5.41) is 0. The second-order valence-corrected chi connectivity index (χ2v) is 3.71. The first kappa shape index (κ1) is 14.2. The van der Waals surface area contributed by atoms with Gasteiger partial charge in [0.25, 0.3) is 0 Å². The molecule has 2 nitrogen and oxygen atoms in total. The Morgan fingerprint density at radius 3 is 2.47 bits per heavy atom. The van der Waals surface area contributed by atoms with Gasteiger partial charge in [-0.3, -0.25) is 4.79 Å². The Hall–Kier alpha value is -0.790. The molecule has 0 aliphatic rings. The highest BCUT2D eigenvalue weighted by atomic mass is 16.5. The monoisotopic (exact) mass is 212 g/mol. The van der Waals surface area contributed by atoms with Crippen LogP contribution in [0.25, 0.3) is 0 Å². The summed E-state index contributed by atoms with van der Waals surface area (Å²) in [4.78, 5) is 10.8. The Labute approximate surface area is 93.7 Å². The maximum Gasteiger partial charge on any atom is 0.305 e. The van der Waals surface area contributed by atoms with Gasteiger partial charge in [-0.25, -0.2) is 0 Å². The van der Waals surface area contributed by atoms with Crippen molar-refractivity contribution in [2.75, 3.05) is 6.61 Å². The minimum atomic E-state index is -0.123. The van der Waals surface area contributed by atoms with Crippen LogP contribution < -0.4 is 0 Å². The molecule has 0 heterocycles. The lowest BCUT2D eigenvalue weighted by Crippen LogP contribution is -2.01. The summed E-state index contributed by atoms with van der Waals surface area (Å²) in [6.45, 7) is 4.46. The third kappa shape index (κ3) is 11.1. The van der Waals surface area contributed by atoms with E-state index in [1.807, 2.05) is 6.08 Å². The minimum Gasteiger partial charge on any atom is -0.461 e. The van der Waals surface area contributed by atoms with Crippen LogP contribution in [-0.2, 0) is 9.53 Å². The van der Waals surface area contributed by atoms with Gasteiger partial charge in [-0.2, -0.15) is 0 Å². The molecule has 0 bridgehead atoms. The molecule has 0 aromatic rings. The van der Waals surface area contributed by atoms with E-state index in [2.05, 4.69) is 13.0 Å². The quantitative estimate of drug-likeness (QED) is 0.329. The van der Waals surface area contributed by atoms with E-state index >= 15 is 0 Å². The molecule has 0 amide bonds. The van der Waals surface area contributed by atoms with Crippen molar-refractivity contribution < 1.29 is 9.53 Å². The molecule has 0 saturated carbocycles. The SMILES string of the molecule is CCCCCCC/C=C/COC(=O)CC. The average Bonchev–Trinajstić information content (AvgIpc) is 2.26. The van der Waals surface area contributed by atoms with Gasteiger partial charge in [0, 0.05) is 6.42 Å². The highest BCUT2D eigenvalue weighted by Gasteiger charge is 1.93. The summed E-state index contributed by atoms with van der Waals surface area (Å²) in [7, 11) is 0. The molecule has 0 aliphatic heterocycles. The van der Waals surface area contributed by atoms with Crippen molar-refractivity contribution in [3.63, 3.8) is 0 Å². The number of esters is 1. The van der Waals surface area contributed by atoms with Crippen molar-refractivity contribution >= 4 is 5.97 Å². The summed E-state index contributed by atoms with van der Waals surface area (Å²) in [6.07, 6.45) is 12.2. The summed E-state index contributed by atoms with van der Waals surface area (Å²) in [5.41, 5.74) is 0. The Bertz CT molecular complexity index is 173. The van der Waals surface area contributed by atoms with Gasteiger partial charge < -0.3 is 4.74 Å². The van der Waals surface area contributed by atoms with E-state index < -0.39 is 0 Å². The minimum absolute atomic E-state index is 0.123. The number of hydrogen-bond donors (Lipinski definition) is 0. The molecule has 0 rings (SSSR count). The second-order valence-electron chi connectivity index (χ2n) is 3.71. The number of carbonyl (C=O) groups excluding carboxylic acids is 1. The standard InChI is InChI=1S/C13H24O2/c1-3-5-6-7-8-9-10-11-12-15-13(14)4-2/h10-11H,3-9,12H2,1-2H3/b11-10+. The number of hydrogen-bond acceptors (Lipinski definition) is 2. The molecule has 2 heteroatoms. The zero-order valence-corrected chi connectivity index (χ0v) is 10.1. The highest BCUT2D eigenvalue weighted by molar-refractivity contribution is 5.68. The largest absolute Gasteiger partial charge is 0.461 e. The van der Waals surface area contributed by atoms with Crippen LogP contribution in [0.3, 0.4) is 0 Å². The molecule has 0 N–H and O–H groups in total. The third-order valence-corrected chi connectivity index (χ3v) is 2.27. The smallest absolute Gasteiger partial charge is 0.305 e. The van der Waals surface area contributed by atoms with Crippen molar-refractivity contribution in [2.45, 2.75) is 58.8 Å². The van der Waals surface area contributed by atoms with Crippen molar-refractivity contribution in [3.05, 3.63) is 12.2 Å². The topological polar surface area (TPSA) is 26.3 Å². The first-order chi connectivity index (χ1) is 7.31. The molecule has 0 aromatic heterocycles. The van der Waals surface area contributed by atoms with Crippen LogP contribution >= 0.6 is 0 Å². The number of carbonyl (C=O) groups is 1. The third-order valence-electron chi connectivity index (χ3n) is 2.27. The lowest BCUT2D eigenvalue weighted by atomic mass is 10.1. The first-order valence-electron chi connectivity index (χ1n) is 6.11. The maximum absolute atomic E-state index is 10.8. The molecule has 0 spiro atoms. The van der Waals surface area contributed by atoms with E-state index in [1.54, 1.807) is 6.92 Å². The lowest BCUT2D eigenvalue weighted by Gasteiger charge is -1.98. The number of unbranched alkanes of at least 4 members (excludes halogenated alkanes) is 5. The van der Waals surface area contributed by atoms with Crippen LogP contribution in [0.4, 0.5) is 0 Å². The van der Waals surface area contributed by atoms with Gasteiger partial charge in [0.2, 0.25) is 0 Å². The van der Waals surface area contributed by atoms with Crippen LogP contribution in [0.15, 0.2) is 12.2 Å². The lowest BCUT2D eigenvalue weighted by molar-refractivity contribution is -0.141. The van der Waals surface area contributed by atoms with E-state index in [4.69, 9.17) is 4.74 Å². The molecular weight excluding hydrogens is 188 g/mol. The highest BCUT2D eigenvalue weighted by Crippen LogP contribution is 2.05. The van der Waals surface area contributed by atoms with Crippen molar-refractivity contribution in [2.24, 2.45) is 0 Å². The van der Waals surface area contributed by atoms with E-state index in [-0.39, 0.29) is 5.97 Å². The Morgan fingerprint density at radius 2 is 1.80 bits per heavy atom. The Balaban J connectivity index is 3.14. The predicted octanol–water partition coefficient (Wildman–Crippen LogP) is 3.86. The summed E-state index contributed by atoms with van der Waals surface area (Å²) in [6, 6.07) is 0. The van der Waals surface area contributed by atoms with E-state index in [1.165, 1.54) is 32.1 Å². The zero-order valence-electron chi connectivity index (χ0n) is 10.1. The fraction of sp³-hybridized carbons (Fsp3) is 0.769. The van der Waals surface area contributed by atoms with E-state index in [0.29, 0.717) is 13.0 Å². The van der Waals surface area contributed by atoms with Gasteiger partial charge in [0.1, 0.15) is 6.61 Å². The van der Waals surface area contributed by atoms with Crippen molar-refractivity contribution in [1.29, 1.82) is 0 Å². The predicted molar refractivity (Wildman–Crippen MR) is 63.8 cm³/mol. The fourth-order valence-electron chi connectivity index (χ4n) is 1.29.